The van der Waals surface area contributed by atoms with E-state index in [0.717, 1.165) is 83.5 Å². The molecule has 3 atom stereocenters. The van der Waals surface area contributed by atoms with Gasteiger partial charge in [0.1, 0.15) is 12.2 Å². The van der Waals surface area contributed by atoms with Crippen LogP contribution < -0.4 is 0 Å². The van der Waals surface area contributed by atoms with Crippen LogP contribution >= 0.6 is 7.82 Å². The number of unbranched alkanes of at least 4 members (excludes halogenated alkanes) is 25. The molecule has 66 heavy (non-hydrogen) atoms. The van der Waals surface area contributed by atoms with Crippen LogP contribution in [0.25, 0.3) is 0 Å². The molecule has 3 N–H and O–H groups in total. The van der Waals surface area contributed by atoms with Gasteiger partial charge in [-0.2, -0.15) is 0 Å². The van der Waals surface area contributed by atoms with E-state index < -0.39 is 33.2 Å². The maximum absolute atomic E-state index is 12.7. The molecule has 0 saturated carbocycles. The zero-order valence-corrected chi connectivity index (χ0v) is 43.3. The quantitative estimate of drug-likeness (QED) is 0.0236. The summed E-state index contributed by atoms with van der Waals surface area (Å²) in [7, 11) is -4.53. The minimum Gasteiger partial charge on any atom is -0.457 e. The second-order valence-corrected chi connectivity index (χ2v) is 19.3. The highest BCUT2D eigenvalue weighted by Crippen LogP contribution is 2.43. The molecular weight excluding hydrogens is 848 g/mol. The average molecular weight is 949 g/mol. The number of rotatable bonds is 51. The van der Waals surface area contributed by atoms with Crippen molar-refractivity contribution in [1.29, 1.82) is 0 Å². The van der Waals surface area contributed by atoms with Gasteiger partial charge in [-0.15, -0.1) is 0 Å². The molecule has 0 heterocycles. The Hall–Kier alpha value is -2.10. The van der Waals surface area contributed by atoms with Crippen molar-refractivity contribution in [3.63, 3.8) is 0 Å². The molecule has 384 valence electrons. The maximum atomic E-state index is 12.7. The van der Waals surface area contributed by atoms with Crippen molar-refractivity contribution < 1.29 is 43.0 Å². The topological polar surface area (TPSA) is 132 Å². The van der Waals surface area contributed by atoms with Gasteiger partial charge >= 0.3 is 13.8 Å². The smallest absolute Gasteiger partial charge is 0.457 e. The summed E-state index contributed by atoms with van der Waals surface area (Å²) in [6, 6.07) is 0. The van der Waals surface area contributed by atoms with Crippen molar-refractivity contribution in [1.82, 2.24) is 0 Å². The van der Waals surface area contributed by atoms with E-state index in [9.17, 15) is 19.4 Å². The Morgan fingerprint density at radius 3 is 1.30 bits per heavy atom. The molecular formula is C56H101O9P. The summed E-state index contributed by atoms with van der Waals surface area (Å²) in [6.45, 7) is 3.41. The lowest BCUT2D eigenvalue weighted by molar-refractivity contribution is -0.154. The van der Waals surface area contributed by atoms with Crippen LogP contribution in [0.4, 0.5) is 0 Å². The van der Waals surface area contributed by atoms with E-state index >= 15 is 0 Å². The van der Waals surface area contributed by atoms with E-state index in [1.807, 2.05) is 0 Å². The molecule has 0 spiro atoms. The lowest BCUT2D eigenvalue weighted by atomic mass is 10.0. The molecule has 0 aromatic heterocycles. The molecule has 0 aromatic rings. The predicted molar refractivity (Wildman–Crippen MR) is 279 cm³/mol. The first-order chi connectivity index (χ1) is 32.3. The number of aliphatic hydroxyl groups excluding tert-OH is 2. The van der Waals surface area contributed by atoms with Gasteiger partial charge in [0.05, 0.1) is 26.4 Å². The number of carbonyl (C=O) groups excluding carboxylic acids is 1. The normalized spacial score (nSPS) is 14.3. The number of hydrogen-bond acceptors (Lipinski definition) is 8. The molecule has 3 unspecified atom stereocenters. The van der Waals surface area contributed by atoms with E-state index in [4.69, 9.17) is 23.6 Å². The summed E-state index contributed by atoms with van der Waals surface area (Å²) in [5, 5.41) is 18.4. The van der Waals surface area contributed by atoms with Gasteiger partial charge in [0.15, 0.2) is 0 Å². The van der Waals surface area contributed by atoms with Crippen LogP contribution in [0.1, 0.15) is 232 Å². The minimum absolute atomic E-state index is 0.0432. The molecule has 0 rings (SSSR count). The Kier molecular flexibility index (Phi) is 50.6. The summed E-state index contributed by atoms with van der Waals surface area (Å²) < 4.78 is 33.6. The lowest BCUT2D eigenvalue weighted by Gasteiger charge is -2.20. The fourth-order valence-corrected chi connectivity index (χ4v) is 8.11. The summed E-state index contributed by atoms with van der Waals surface area (Å²) in [4.78, 5) is 22.7. The van der Waals surface area contributed by atoms with Crippen LogP contribution in [0.2, 0.25) is 0 Å². The number of allylic oxidation sites excluding steroid dienone is 12. The number of phosphoric acid groups is 1. The molecule has 0 fully saturated rings. The van der Waals surface area contributed by atoms with Crippen LogP contribution in [-0.2, 0) is 27.9 Å². The number of esters is 1. The molecule has 0 aliphatic rings. The monoisotopic (exact) mass is 949 g/mol. The molecule has 0 bridgehead atoms. The van der Waals surface area contributed by atoms with Crippen molar-refractivity contribution in [2.75, 3.05) is 33.0 Å². The van der Waals surface area contributed by atoms with Crippen LogP contribution in [0, 0.1) is 0 Å². The van der Waals surface area contributed by atoms with Crippen molar-refractivity contribution in [3.05, 3.63) is 72.9 Å². The zero-order chi connectivity index (χ0) is 48.1. The van der Waals surface area contributed by atoms with Gasteiger partial charge in [-0.3, -0.25) is 13.8 Å². The number of phosphoric ester groups is 1. The Labute approximate surface area is 405 Å². The first kappa shape index (κ1) is 63.9. The third kappa shape index (κ3) is 51.3. The van der Waals surface area contributed by atoms with Crippen molar-refractivity contribution >= 4 is 13.8 Å². The van der Waals surface area contributed by atoms with Gasteiger partial charge in [0.25, 0.3) is 0 Å². The molecule has 0 saturated heterocycles. The van der Waals surface area contributed by atoms with E-state index in [0.29, 0.717) is 6.61 Å². The summed E-state index contributed by atoms with van der Waals surface area (Å²) >= 11 is 0. The minimum atomic E-state index is -4.53. The Morgan fingerprint density at radius 2 is 0.864 bits per heavy atom. The summed E-state index contributed by atoms with van der Waals surface area (Å²) in [5.74, 6) is -0.388. The molecule has 0 radical (unpaired) electrons. The highest BCUT2D eigenvalue weighted by atomic mass is 31.2. The van der Waals surface area contributed by atoms with Crippen molar-refractivity contribution in [2.24, 2.45) is 0 Å². The number of aliphatic hydroxyl groups is 2. The summed E-state index contributed by atoms with van der Waals surface area (Å²) in [5.41, 5.74) is 0. The molecule has 9 nitrogen and oxygen atoms in total. The molecule has 0 amide bonds. The van der Waals surface area contributed by atoms with Gasteiger partial charge in [0, 0.05) is 13.0 Å². The van der Waals surface area contributed by atoms with Gasteiger partial charge in [0.2, 0.25) is 0 Å². The number of ether oxygens (including phenoxy) is 2. The fraction of sp³-hybridized carbons (Fsp3) is 0.768. The van der Waals surface area contributed by atoms with Crippen LogP contribution in [0.15, 0.2) is 72.9 Å². The van der Waals surface area contributed by atoms with Crippen molar-refractivity contribution in [2.45, 2.75) is 244 Å². The number of carbonyl (C=O) groups is 1. The molecule has 0 aliphatic heterocycles. The standard InChI is InChI=1S/C56H101O9P/c1-3-5-7-9-11-13-15-17-19-21-23-25-27-28-30-32-34-36-38-40-42-44-46-48-56(59)65-55(53-64-66(60,61)63-51-54(58)50-57)52-62-49-47-45-43-41-39-37-35-33-31-29-26-24-22-20-18-16-14-12-10-8-6-4-2/h5,7,11,13,16-19,22-25,54-55,57-58H,3-4,6,8-10,12,14-15,20-21,26-53H2,1-2H3,(H,60,61)/b7-5-,13-11-,18-16-,19-17-,24-22-,25-23-. The van der Waals surface area contributed by atoms with E-state index in [-0.39, 0.29) is 25.6 Å². The third-order valence-electron chi connectivity index (χ3n) is 11.4. The fourth-order valence-electron chi connectivity index (χ4n) is 7.32. The van der Waals surface area contributed by atoms with Gasteiger partial charge < -0.3 is 24.6 Å². The average Bonchev–Trinajstić information content (AvgIpc) is 3.31. The molecule has 10 heteroatoms. The second-order valence-electron chi connectivity index (χ2n) is 17.9. The van der Waals surface area contributed by atoms with Gasteiger partial charge in [-0.25, -0.2) is 4.57 Å². The molecule has 0 aromatic carbocycles. The van der Waals surface area contributed by atoms with E-state index in [1.54, 1.807) is 0 Å². The number of hydrogen-bond donors (Lipinski definition) is 3. The Morgan fingerprint density at radius 1 is 0.485 bits per heavy atom. The first-order valence-corrected chi connectivity index (χ1v) is 28.4. The first-order valence-electron chi connectivity index (χ1n) is 26.9. The highest BCUT2D eigenvalue weighted by molar-refractivity contribution is 7.47. The van der Waals surface area contributed by atoms with E-state index in [2.05, 4.69) is 86.8 Å². The Balaban J connectivity index is 4.07. The van der Waals surface area contributed by atoms with Gasteiger partial charge in [-0.05, 0) is 83.5 Å². The maximum Gasteiger partial charge on any atom is 0.472 e. The third-order valence-corrected chi connectivity index (χ3v) is 12.3. The predicted octanol–water partition coefficient (Wildman–Crippen LogP) is 16.0. The highest BCUT2D eigenvalue weighted by Gasteiger charge is 2.26. The van der Waals surface area contributed by atoms with Crippen LogP contribution in [-0.4, -0.2) is 66.3 Å². The Bertz CT molecular complexity index is 1260. The second kappa shape index (κ2) is 52.3. The van der Waals surface area contributed by atoms with Crippen LogP contribution in [0.3, 0.4) is 0 Å². The molecule has 0 aliphatic carbocycles. The zero-order valence-electron chi connectivity index (χ0n) is 42.4. The largest absolute Gasteiger partial charge is 0.472 e. The van der Waals surface area contributed by atoms with Crippen molar-refractivity contribution in [3.8, 4) is 0 Å². The van der Waals surface area contributed by atoms with Gasteiger partial charge in [-0.1, -0.05) is 215 Å². The SMILES string of the molecule is CC/C=C\C/C=C\C/C=C\C/C=C\CCCCCCCCCCCCC(=O)OC(COCCCCCCCCCCCC/C=C\C/C=C\CCCCCCC)COP(=O)(O)OCC(O)CO. The summed E-state index contributed by atoms with van der Waals surface area (Å²) in [6.07, 6.45) is 64.4. The van der Waals surface area contributed by atoms with Crippen LogP contribution in [0.5, 0.6) is 0 Å². The lowest BCUT2D eigenvalue weighted by Crippen LogP contribution is -2.29. The van der Waals surface area contributed by atoms with E-state index in [1.165, 1.54) is 128 Å².